The first kappa shape index (κ1) is 25.9. The number of carbonyl (C=O) groups is 2. The van der Waals surface area contributed by atoms with Crippen LogP contribution in [-0.2, 0) is 29.6 Å². The van der Waals surface area contributed by atoms with Crippen LogP contribution in [0.3, 0.4) is 0 Å². The fourth-order valence-electron chi connectivity index (χ4n) is 4.26. The Labute approximate surface area is 208 Å². The molecule has 2 aromatic rings. The lowest BCUT2D eigenvalue weighted by molar-refractivity contribution is -0.119. The zero-order chi connectivity index (χ0) is 25.9. The van der Waals surface area contributed by atoms with Gasteiger partial charge in [-0.25, -0.2) is 9.18 Å². The van der Waals surface area contributed by atoms with Gasteiger partial charge in [0.1, 0.15) is 23.8 Å². The summed E-state index contributed by atoms with van der Waals surface area (Å²) in [7, 11) is -3.92. The molecule has 2 saturated heterocycles. The first-order valence-electron chi connectivity index (χ1n) is 11.5. The second kappa shape index (κ2) is 10.8. The predicted octanol–water partition coefficient (Wildman–Crippen LogP) is 1.77. The number of anilines is 2. The molecule has 0 saturated carbocycles. The number of benzene rings is 2. The molecule has 3 atom stereocenters. The molecule has 4 rings (SSSR count). The van der Waals surface area contributed by atoms with E-state index in [2.05, 4.69) is 5.32 Å². The van der Waals surface area contributed by atoms with E-state index in [1.165, 1.54) is 24.0 Å². The summed E-state index contributed by atoms with van der Waals surface area (Å²) in [5.41, 5.74) is 1.10. The van der Waals surface area contributed by atoms with Crippen LogP contribution in [0.1, 0.15) is 18.9 Å². The number of nitrogens with one attached hydrogen (secondary N) is 1. The monoisotopic (exact) mass is 521 g/mol. The van der Waals surface area contributed by atoms with Crippen molar-refractivity contribution >= 4 is 33.5 Å². The number of ether oxygens (including phenoxy) is 1. The van der Waals surface area contributed by atoms with Crippen LogP contribution in [0.25, 0.3) is 0 Å². The summed E-state index contributed by atoms with van der Waals surface area (Å²) < 4.78 is 50.4. The van der Waals surface area contributed by atoms with E-state index in [0.717, 1.165) is 0 Å². The molecule has 2 aliphatic rings. The van der Waals surface area contributed by atoms with Gasteiger partial charge in [-0.15, -0.1) is 0 Å². The van der Waals surface area contributed by atoms with Crippen molar-refractivity contribution in [3.63, 3.8) is 0 Å². The van der Waals surface area contributed by atoms with Crippen molar-refractivity contribution in [2.75, 3.05) is 36.0 Å². The van der Waals surface area contributed by atoms with E-state index in [-0.39, 0.29) is 49.9 Å². The van der Waals surface area contributed by atoms with Gasteiger partial charge in [0.25, 0.3) is 10.1 Å². The highest BCUT2D eigenvalue weighted by Crippen LogP contribution is 2.30. The molecule has 0 bridgehead atoms. The average molecular weight is 522 g/mol. The Morgan fingerprint density at radius 1 is 1.22 bits per heavy atom. The van der Waals surface area contributed by atoms with Crippen LogP contribution in [-0.4, -0.2) is 70.0 Å². The van der Waals surface area contributed by atoms with Gasteiger partial charge < -0.3 is 20.1 Å². The van der Waals surface area contributed by atoms with E-state index >= 15 is 4.39 Å². The second-order valence-electron chi connectivity index (χ2n) is 8.81. The van der Waals surface area contributed by atoms with Crippen LogP contribution >= 0.6 is 0 Å². The largest absolute Gasteiger partial charge is 0.442 e. The summed E-state index contributed by atoms with van der Waals surface area (Å²) in [5, 5.41) is 13.1. The topological polar surface area (TPSA) is 125 Å². The van der Waals surface area contributed by atoms with Gasteiger partial charge in [0, 0.05) is 20.0 Å². The predicted molar refractivity (Wildman–Crippen MR) is 129 cm³/mol. The molecule has 36 heavy (non-hydrogen) atoms. The number of piperidine rings is 1. The van der Waals surface area contributed by atoms with Crippen molar-refractivity contribution in [3.05, 3.63) is 59.9 Å². The molecule has 12 heteroatoms. The summed E-state index contributed by atoms with van der Waals surface area (Å²) >= 11 is 0. The zero-order valence-corrected chi connectivity index (χ0v) is 20.5. The number of aliphatic hydroxyl groups excluding tert-OH is 1. The average Bonchev–Trinajstić information content (AvgIpc) is 3.20. The molecule has 2 aliphatic heterocycles. The Balaban J connectivity index is 1.36. The number of hydrogen-bond donors (Lipinski definition) is 2. The fraction of sp³-hybridized carbons (Fsp3) is 0.417. The molecule has 0 spiro atoms. The van der Waals surface area contributed by atoms with Gasteiger partial charge in [0.2, 0.25) is 5.91 Å². The van der Waals surface area contributed by atoms with Crippen molar-refractivity contribution in [2.45, 2.75) is 37.4 Å². The van der Waals surface area contributed by atoms with E-state index in [9.17, 15) is 23.1 Å². The highest BCUT2D eigenvalue weighted by atomic mass is 32.2. The van der Waals surface area contributed by atoms with Crippen LogP contribution in [0.15, 0.2) is 48.5 Å². The maximum atomic E-state index is 15.0. The van der Waals surface area contributed by atoms with Crippen LogP contribution in [0.4, 0.5) is 20.6 Å². The Hall–Kier alpha value is -3.22. The number of amides is 2. The van der Waals surface area contributed by atoms with Crippen molar-refractivity contribution in [3.8, 4) is 0 Å². The molecule has 194 valence electrons. The minimum atomic E-state index is -3.92. The molecule has 0 radical (unpaired) electrons. The Kier molecular flexibility index (Phi) is 7.76. The summed E-state index contributed by atoms with van der Waals surface area (Å²) in [6, 6.07) is 12.9. The number of nitrogens with zero attached hydrogens (tertiary/aromatic N) is 2. The molecule has 0 aliphatic carbocycles. The summed E-state index contributed by atoms with van der Waals surface area (Å²) in [6.07, 6.45) is -3.08. The SMILES string of the molecule is CC(=O)NC[C@H]1CN(c2ccc(N3CCC(OS(=O)(=O)Cc4ccccc4)C(O)C3)c(F)c2)C(=O)O1. The van der Waals surface area contributed by atoms with Crippen LogP contribution < -0.4 is 15.1 Å². The van der Waals surface area contributed by atoms with Gasteiger partial charge in [-0.2, -0.15) is 8.42 Å². The number of cyclic esters (lactones) is 1. The molecule has 2 fully saturated rings. The van der Waals surface area contributed by atoms with E-state index in [4.69, 9.17) is 8.92 Å². The highest BCUT2D eigenvalue weighted by molar-refractivity contribution is 7.85. The number of β-amino-alcohol motifs (C(OH)–C–C–N with tert-alkyl or cyclic N) is 1. The molecule has 2 aromatic carbocycles. The maximum Gasteiger partial charge on any atom is 0.414 e. The second-order valence-corrected chi connectivity index (χ2v) is 10.4. The van der Waals surface area contributed by atoms with Crippen LogP contribution in [0.2, 0.25) is 0 Å². The zero-order valence-electron chi connectivity index (χ0n) is 19.7. The summed E-state index contributed by atoms with van der Waals surface area (Å²) in [5.74, 6) is -1.15. The maximum absolute atomic E-state index is 15.0. The first-order valence-corrected chi connectivity index (χ1v) is 13.1. The van der Waals surface area contributed by atoms with Gasteiger partial charge in [-0.3, -0.25) is 13.9 Å². The molecule has 10 nitrogen and oxygen atoms in total. The van der Waals surface area contributed by atoms with E-state index < -0.39 is 40.3 Å². The van der Waals surface area contributed by atoms with Crippen LogP contribution in [0.5, 0.6) is 0 Å². The normalized spacial score (nSPS) is 22.4. The van der Waals surface area contributed by atoms with Crippen LogP contribution in [0, 0.1) is 5.82 Å². The lowest BCUT2D eigenvalue weighted by Gasteiger charge is -2.36. The Morgan fingerprint density at radius 3 is 2.64 bits per heavy atom. The molecule has 2 amide bonds. The van der Waals surface area contributed by atoms with Crippen molar-refractivity contribution in [1.29, 1.82) is 0 Å². The quantitative estimate of drug-likeness (QED) is 0.504. The molecule has 2 heterocycles. The third kappa shape index (κ3) is 6.31. The molecule has 2 N–H and O–H groups in total. The van der Waals surface area contributed by atoms with Gasteiger partial charge >= 0.3 is 6.09 Å². The number of halogens is 1. The van der Waals surface area contributed by atoms with E-state index in [1.807, 2.05) is 0 Å². The third-order valence-corrected chi connectivity index (χ3v) is 7.24. The number of carbonyl (C=O) groups excluding carboxylic acids is 2. The van der Waals surface area contributed by atoms with Gasteiger partial charge in [0.15, 0.2) is 0 Å². The molecular weight excluding hydrogens is 493 g/mol. The Bertz CT molecular complexity index is 1210. The van der Waals surface area contributed by atoms with Gasteiger partial charge in [-0.05, 0) is 30.2 Å². The lowest BCUT2D eigenvalue weighted by atomic mass is 10.0. The smallest absolute Gasteiger partial charge is 0.414 e. The van der Waals surface area contributed by atoms with Crippen molar-refractivity contribution in [2.24, 2.45) is 0 Å². The molecule has 2 unspecified atom stereocenters. The molecule has 0 aromatic heterocycles. The van der Waals surface area contributed by atoms with Crippen molar-refractivity contribution in [1.82, 2.24) is 5.32 Å². The Morgan fingerprint density at radius 2 is 1.97 bits per heavy atom. The number of rotatable bonds is 8. The number of hydrogen-bond acceptors (Lipinski definition) is 8. The molecular formula is C24H28FN3O7S. The minimum absolute atomic E-state index is 0.0215. The first-order chi connectivity index (χ1) is 17.1. The highest BCUT2D eigenvalue weighted by Gasteiger charge is 2.35. The summed E-state index contributed by atoms with van der Waals surface area (Å²) in [6.45, 7) is 1.93. The standard InChI is InChI=1S/C24H28FN3O7S/c1-16(29)26-12-19-13-28(24(31)34-19)18-7-8-21(20(25)11-18)27-10-9-23(22(30)14-27)35-36(32,33)15-17-5-3-2-4-6-17/h2-8,11,19,22-23,30H,9-10,12-15H2,1H3,(H,26,29)/t19-,22?,23?/m0/s1. The van der Waals surface area contributed by atoms with Crippen molar-refractivity contribution < 1.29 is 36.4 Å². The van der Waals surface area contributed by atoms with E-state index in [0.29, 0.717) is 11.3 Å². The summed E-state index contributed by atoms with van der Waals surface area (Å²) in [4.78, 5) is 26.2. The van der Waals surface area contributed by atoms with E-state index in [1.54, 1.807) is 41.3 Å². The lowest BCUT2D eigenvalue weighted by Crippen LogP contribution is -2.48. The van der Waals surface area contributed by atoms with Gasteiger partial charge in [-0.1, -0.05) is 30.3 Å². The minimum Gasteiger partial charge on any atom is -0.442 e. The fourth-order valence-corrected chi connectivity index (χ4v) is 5.53. The third-order valence-electron chi connectivity index (χ3n) is 6.01. The number of aliphatic hydroxyl groups is 1. The van der Waals surface area contributed by atoms with Gasteiger partial charge in [0.05, 0.1) is 30.6 Å².